The molecule has 1 aromatic heterocycles. The summed E-state index contributed by atoms with van der Waals surface area (Å²) >= 11 is 0. The topological polar surface area (TPSA) is 96.0 Å². The molecule has 2 aromatic rings. The molecule has 3 rings (SSSR count). The standard InChI is InChI=1S/C22H29N5O4/c1-23-21(28)16-31-22(29)24-8-9-26-10-12-27(13-11-26)20-7-6-18(15-25-20)17-4-3-5-19(14-17)30-2/h3-7,14-15H,8-13,16H2,1-2H3,(H,23,28)(H,24,29). The van der Waals surface area contributed by atoms with Gasteiger partial charge in [-0.2, -0.15) is 0 Å². The van der Waals surface area contributed by atoms with E-state index in [-0.39, 0.29) is 12.5 Å². The van der Waals surface area contributed by atoms with Crippen LogP contribution >= 0.6 is 0 Å². The van der Waals surface area contributed by atoms with Gasteiger partial charge < -0.3 is 25.0 Å². The van der Waals surface area contributed by atoms with Gasteiger partial charge in [-0.25, -0.2) is 9.78 Å². The molecule has 1 saturated heterocycles. The second-order valence-corrected chi connectivity index (χ2v) is 7.14. The van der Waals surface area contributed by atoms with Crippen LogP contribution in [0.3, 0.4) is 0 Å². The van der Waals surface area contributed by atoms with Gasteiger partial charge in [-0.3, -0.25) is 9.69 Å². The molecule has 0 aliphatic carbocycles. The average molecular weight is 428 g/mol. The highest BCUT2D eigenvalue weighted by Crippen LogP contribution is 2.25. The van der Waals surface area contributed by atoms with E-state index in [1.54, 1.807) is 7.11 Å². The number of hydrogen-bond donors (Lipinski definition) is 2. The summed E-state index contributed by atoms with van der Waals surface area (Å²) in [5.41, 5.74) is 2.13. The maximum Gasteiger partial charge on any atom is 0.407 e. The van der Waals surface area contributed by atoms with Crippen molar-refractivity contribution in [3.63, 3.8) is 0 Å². The summed E-state index contributed by atoms with van der Waals surface area (Å²) < 4.78 is 10.1. The van der Waals surface area contributed by atoms with Crippen molar-refractivity contribution in [1.29, 1.82) is 0 Å². The van der Waals surface area contributed by atoms with E-state index in [4.69, 9.17) is 9.47 Å². The Morgan fingerprint density at radius 2 is 1.90 bits per heavy atom. The molecule has 0 unspecified atom stereocenters. The number of aromatic nitrogens is 1. The normalized spacial score (nSPS) is 14.1. The zero-order valence-corrected chi connectivity index (χ0v) is 18.0. The third-order valence-corrected chi connectivity index (χ3v) is 5.16. The Morgan fingerprint density at radius 1 is 1.10 bits per heavy atom. The second kappa shape index (κ2) is 11.2. The van der Waals surface area contributed by atoms with Gasteiger partial charge in [0.15, 0.2) is 6.61 Å². The Kier molecular flexibility index (Phi) is 8.05. The van der Waals surface area contributed by atoms with Gasteiger partial charge in [0, 0.05) is 58.1 Å². The van der Waals surface area contributed by atoms with Crippen LogP contribution in [0.1, 0.15) is 0 Å². The Bertz CT molecular complexity index is 866. The number of likely N-dealkylation sites (N-methyl/N-ethyl adjacent to an activating group) is 1. The number of nitrogens with zero attached hydrogens (tertiary/aromatic N) is 3. The lowest BCUT2D eigenvalue weighted by Crippen LogP contribution is -2.48. The molecule has 2 N–H and O–H groups in total. The van der Waals surface area contributed by atoms with Crippen molar-refractivity contribution in [3.05, 3.63) is 42.6 Å². The molecule has 1 aromatic carbocycles. The summed E-state index contributed by atoms with van der Waals surface area (Å²) in [6.45, 7) is 4.43. The molecule has 166 valence electrons. The first-order chi connectivity index (χ1) is 15.1. The fourth-order valence-electron chi connectivity index (χ4n) is 3.32. The number of pyridine rings is 1. The van der Waals surface area contributed by atoms with Gasteiger partial charge in [0.2, 0.25) is 0 Å². The molecular weight excluding hydrogens is 398 g/mol. The smallest absolute Gasteiger partial charge is 0.407 e. The van der Waals surface area contributed by atoms with Crippen LogP contribution in [0, 0.1) is 0 Å². The average Bonchev–Trinajstić information content (AvgIpc) is 2.83. The van der Waals surface area contributed by atoms with Crippen LogP contribution in [-0.4, -0.2) is 81.9 Å². The van der Waals surface area contributed by atoms with E-state index in [0.717, 1.165) is 55.4 Å². The second-order valence-electron chi connectivity index (χ2n) is 7.14. The van der Waals surface area contributed by atoms with Gasteiger partial charge in [-0.15, -0.1) is 0 Å². The first kappa shape index (κ1) is 22.4. The molecule has 2 heterocycles. The van der Waals surface area contributed by atoms with E-state index < -0.39 is 6.09 Å². The highest BCUT2D eigenvalue weighted by Gasteiger charge is 2.18. The van der Waals surface area contributed by atoms with Crippen LogP contribution in [0.2, 0.25) is 0 Å². The van der Waals surface area contributed by atoms with Crippen LogP contribution < -0.4 is 20.3 Å². The van der Waals surface area contributed by atoms with E-state index in [1.165, 1.54) is 7.05 Å². The summed E-state index contributed by atoms with van der Waals surface area (Å²) in [5, 5.41) is 5.06. The molecule has 31 heavy (non-hydrogen) atoms. The monoisotopic (exact) mass is 427 g/mol. The van der Waals surface area contributed by atoms with Crippen LogP contribution in [0.25, 0.3) is 11.1 Å². The highest BCUT2D eigenvalue weighted by molar-refractivity contribution is 5.79. The number of piperazine rings is 1. The summed E-state index contributed by atoms with van der Waals surface area (Å²) in [5.74, 6) is 1.45. The minimum absolute atomic E-state index is 0.273. The molecule has 0 spiro atoms. The van der Waals surface area contributed by atoms with Gasteiger partial charge >= 0.3 is 6.09 Å². The number of carbonyl (C=O) groups excluding carboxylic acids is 2. The Balaban J connectivity index is 1.41. The van der Waals surface area contributed by atoms with Crippen molar-refractivity contribution in [1.82, 2.24) is 20.5 Å². The van der Waals surface area contributed by atoms with Crippen molar-refractivity contribution in [2.24, 2.45) is 0 Å². The molecule has 0 atom stereocenters. The molecular formula is C22H29N5O4. The SMILES string of the molecule is CNC(=O)COC(=O)NCCN1CCN(c2ccc(-c3cccc(OC)c3)cn2)CC1. The van der Waals surface area contributed by atoms with Gasteiger partial charge in [-0.1, -0.05) is 12.1 Å². The number of ether oxygens (including phenoxy) is 2. The van der Waals surface area contributed by atoms with E-state index in [0.29, 0.717) is 6.54 Å². The lowest BCUT2D eigenvalue weighted by Gasteiger charge is -2.35. The molecule has 2 amide bonds. The maximum absolute atomic E-state index is 11.6. The number of alkyl carbamates (subject to hydrolysis) is 1. The Morgan fingerprint density at radius 3 is 2.58 bits per heavy atom. The van der Waals surface area contributed by atoms with Gasteiger partial charge in [0.05, 0.1) is 7.11 Å². The zero-order chi connectivity index (χ0) is 22.1. The summed E-state index contributed by atoms with van der Waals surface area (Å²) in [6, 6.07) is 12.1. The first-order valence-corrected chi connectivity index (χ1v) is 10.3. The van der Waals surface area contributed by atoms with Crippen molar-refractivity contribution < 1.29 is 19.1 Å². The van der Waals surface area contributed by atoms with Gasteiger partial charge in [0.25, 0.3) is 5.91 Å². The molecule has 9 heteroatoms. The number of carbonyl (C=O) groups is 2. The predicted octanol–water partition coefficient (Wildman–Crippen LogP) is 1.35. The number of nitrogens with one attached hydrogen (secondary N) is 2. The summed E-state index contributed by atoms with van der Waals surface area (Å²) in [6.07, 6.45) is 1.31. The Hall–Kier alpha value is -3.33. The van der Waals surface area contributed by atoms with E-state index >= 15 is 0 Å². The zero-order valence-electron chi connectivity index (χ0n) is 18.0. The third kappa shape index (κ3) is 6.58. The lowest BCUT2D eigenvalue weighted by atomic mass is 10.1. The number of benzene rings is 1. The van der Waals surface area contributed by atoms with Crippen molar-refractivity contribution in [2.45, 2.75) is 0 Å². The van der Waals surface area contributed by atoms with Crippen LogP contribution in [0.4, 0.5) is 10.6 Å². The van der Waals surface area contributed by atoms with Gasteiger partial charge in [0.1, 0.15) is 11.6 Å². The lowest BCUT2D eigenvalue weighted by molar-refractivity contribution is -0.123. The van der Waals surface area contributed by atoms with E-state index in [9.17, 15) is 9.59 Å². The summed E-state index contributed by atoms with van der Waals surface area (Å²) in [4.78, 5) is 31.8. The number of anilines is 1. The largest absolute Gasteiger partial charge is 0.497 e. The molecule has 0 bridgehead atoms. The first-order valence-electron chi connectivity index (χ1n) is 10.3. The number of rotatable bonds is 8. The number of amides is 2. The highest BCUT2D eigenvalue weighted by atomic mass is 16.6. The molecule has 0 saturated carbocycles. The third-order valence-electron chi connectivity index (χ3n) is 5.16. The quantitative estimate of drug-likeness (QED) is 0.657. The molecule has 9 nitrogen and oxygen atoms in total. The molecule has 1 fully saturated rings. The minimum Gasteiger partial charge on any atom is -0.497 e. The fourth-order valence-corrected chi connectivity index (χ4v) is 3.32. The van der Waals surface area contributed by atoms with Crippen molar-refractivity contribution in [2.75, 3.05) is 64.9 Å². The van der Waals surface area contributed by atoms with Crippen LogP contribution in [-0.2, 0) is 9.53 Å². The number of methoxy groups -OCH3 is 1. The Labute approximate surface area is 182 Å². The maximum atomic E-state index is 11.6. The van der Waals surface area contributed by atoms with E-state index in [1.807, 2.05) is 30.5 Å². The van der Waals surface area contributed by atoms with Gasteiger partial charge in [-0.05, 0) is 29.8 Å². The van der Waals surface area contributed by atoms with Crippen LogP contribution in [0.15, 0.2) is 42.6 Å². The molecule has 1 aliphatic rings. The predicted molar refractivity (Wildman–Crippen MR) is 118 cm³/mol. The van der Waals surface area contributed by atoms with E-state index in [2.05, 4.69) is 37.6 Å². The summed E-state index contributed by atoms with van der Waals surface area (Å²) in [7, 11) is 3.16. The molecule has 1 aliphatic heterocycles. The molecule has 0 radical (unpaired) electrons. The van der Waals surface area contributed by atoms with Crippen molar-refractivity contribution >= 4 is 17.8 Å². The fraction of sp³-hybridized carbons (Fsp3) is 0.409. The van der Waals surface area contributed by atoms with Crippen LogP contribution in [0.5, 0.6) is 5.75 Å². The number of hydrogen-bond acceptors (Lipinski definition) is 7. The minimum atomic E-state index is -0.581. The van der Waals surface area contributed by atoms with Crippen molar-refractivity contribution in [3.8, 4) is 16.9 Å².